The number of para-hydroxylation sites is 1. The molecular formula is C19H16N2O4. The van der Waals surface area contributed by atoms with Crippen LogP contribution < -0.4 is 10.1 Å². The fourth-order valence-electron chi connectivity index (χ4n) is 3.37. The van der Waals surface area contributed by atoms with Crippen molar-refractivity contribution < 1.29 is 19.1 Å². The van der Waals surface area contributed by atoms with E-state index < -0.39 is 17.5 Å². The molecule has 6 nitrogen and oxygen atoms in total. The van der Waals surface area contributed by atoms with Crippen LogP contribution in [-0.2, 0) is 10.3 Å². The average Bonchev–Trinajstić information content (AvgIpc) is 2.88. The van der Waals surface area contributed by atoms with Crippen LogP contribution in [0.3, 0.4) is 0 Å². The second-order valence-corrected chi connectivity index (χ2v) is 6.11. The number of Topliss-reactive ketones (excluding diaryl/α,β-unsaturated/α-hetero) is 1. The molecule has 2 aromatic carbocycles. The van der Waals surface area contributed by atoms with E-state index >= 15 is 0 Å². The van der Waals surface area contributed by atoms with Crippen LogP contribution in [0, 0.1) is 0 Å². The van der Waals surface area contributed by atoms with E-state index in [-0.39, 0.29) is 12.3 Å². The van der Waals surface area contributed by atoms with Gasteiger partial charge in [0.25, 0.3) is 5.91 Å². The zero-order valence-electron chi connectivity index (χ0n) is 13.4. The quantitative estimate of drug-likeness (QED) is 0.688. The molecule has 2 aromatic rings. The summed E-state index contributed by atoms with van der Waals surface area (Å²) in [7, 11) is 0. The standard InChI is InChI=1S/C19H16N2O4/c22-15(13-6-2-1-3-7-13)12-21-17(23)19(20-18(21)24)10-11-25-16-9-5-4-8-14(16)19/h1-9H,10-12H2,(H,20,24). The number of hydrogen-bond acceptors (Lipinski definition) is 4. The Kier molecular flexibility index (Phi) is 3.53. The minimum absolute atomic E-state index is 0.276. The van der Waals surface area contributed by atoms with Crippen LogP contribution in [-0.4, -0.2) is 35.8 Å². The van der Waals surface area contributed by atoms with Crippen molar-refractivity contribution in [2.45, 2.75) is 12.0 Å². The second kappa shape index (κ2) is 5.73. The van der Waals surface area contributed by atoms with Gasteiger partial charge in [-0.05, 0) is 6.07 Å². The highest BCUT2D eigenvalue weighted by atomic mass is 16.5. The van der Waals surface area contributed by atoms with Gasteiger partial charge in [0.1, 0.15) is 5.75 Å². The molecule has 2 heterocycles. The molecule has 1 fully saturated rings. The maximum atomic E-state index is 13.1. The third kappa shape index (κ3) is 2.38. The van der Waals surface area contributed by atoms with Crippen molar-refractivity contribution in [2.24, 2.45) is 0 Å². The number of hydrogen-bond donors (Lipinski definition) is 1. The van der Waals surface area contributed by atoms with Crippen molar-refractivity contribution in [3.05, 3.63) is 65.7 Å². The summed E-state index contributed by atoms with van der Waals surface area (Å²) in [6.07, 6.45) is 0.338. The Morgan fingerprint density at radius 1 is 1.08 bits per heavy atom. The molecule has 1 saturated heterocycles. The number of fused-ring (bicyclic) bond motifs is 2. The molecular weight excluding hydrogens is 320 g/mol. The molecule has 0 saturated carbocycles. The van der Waals surface area contributed by atoms with Crippen LogP contribution in [0.1, 0.15) is 22.3 Å². The molecule has 126 valence electrons. The lowest BCUT2D eigenvalue weighted by Gasteiger charge is -2.33. The Balaban J connectivity index is 1.65. The first-order valence-electron chi connectivity index (χ1n) is 8.06. The topological polar surface area (TPSA) is 75.7 Å². The fourth-order valence-corrected chi connectivity index (χ4v) is 3.37. The SMILES string of the molecule is O=C(CN1C(=O)NC2(CCOc3ccccc32)C1=O)c1ccccc1. The van der Waals surface area contributed by atoms with Crippen LogP contribution in [0.15, 0.2) is 54.6 Å². The van der Waals surface area contributed by atoms with Gasteiger partial charge in [-0.1, -0.05) is 48.5 Å². The maximum Gasteiger partial charge on any atom is 0.325 e. The van der Waals surface area contributed by atoms with Crippen molar-refractivity contribution in [2.75, 3.05) is 13.2 Å². The lowest BCUT2D eigenvalue weighted by atomic mass is 9.84. The Hall–Kier alpha value is -3.15. The molecule has 1 N–H and O–H groups in total. The number of ether oxygens (including phenoxy) is 1. The number of imide groups is 1. The summed E-state index contributed by atoms with van der Waals surface area (Å²) in [4.78, 5) is 38.9. The zero-order valence-corrected chi connectivity index (χ0v) is 13.4. The van der Waals surface area contributed by atoms with E-state index in [0.717, 1.165) is 4.90 Å². The lowest BCUT2D eigenvalue weighted by molar-refractivity contribution is -0.132. The Morgan fingerprint density at radius 3 is 2.60 bits per heavy atom. The highest BCUT2D eigenvalue weighted by molar-refractivity contribution is 6.11. The number of carbonyl (C=O) groups excluding carboxylic acids is 3. The first-order valence-corrected chi connectivity index (χ1v) is 8.06. The molecule has 0 radical (unpaired) electrons. The van der Waals surface area contributed by atoms with Crippen molar-refractivity contribution in [1.82, 2.24) is 10.2 Å². The van der Waals surface area contributed by atoms with Gasteiger partial charge in [0.05, 0.1) is 13.2 Å². The molecule has 3 amide bonds. The Bertz CT molecular complexity index is 865. The van der Waals surface area contributed by atoms with Crippen molar-refractivity contribution >= 4 is 17.7 Å². The van der Waals surface area contributed by atoms with E-state index in [1.165, 1.54) is 0 Å². The van der Waals surface area contributed by atoms with Crippen LogP contribution in [0.25, 0.3) is 0 Å². The normalized spacial score (nSPS) is 21.7. The van der Waals surface area contributed by atoms with Gasteiger partial charge in [-0.15, -0.1) is 0 Å². The van der Waals surface area contributed by atoms with Gasteiger partial charge < -0.3 is 10.1 Å². The van der Waals surface area contributed by atoms with Crippen LogP contribution >= 0.6 is 0 Å². The average molecular weight is 336 g/mol. The number of carbonyl (C=O) groups is 3. The Labute approximate surface area is 144 Å². The molecule has 6 heteroatoms. The lowest BCUT2D eigenvalue weighted by Crippen LogP contribution is -2.47. The number of urea groups is 1. The largest absolute Gasteiger partial charge is 0.493 e. The summed E-state index contributed by atoms with van der Waals surface area (Å²) in [6, 6.07) is 15.2. The molecule has 0 aliphatic carbocycles. The second-order valence-electron chi connectivity index (χ2n) is 6.11. The molecule has 0 aromatic heterocycles. The predicted molar refractivity (Wildman–Crippen MR) is 89.2 cm³/mol. The fraction of sp³-hybridized carbons (Fsp3) is 0.211. The highest BCUT2D eigenvalue weighted by Gasteiger charge is 2.55. The van der Waals surface area contributed by atoms with E-state index in [9.17, 15) is 14.4 Å². The van der Waals surface area contributed by atoms with Gasteiger partial charge in [-0.25, -0.2) is 4.79 Å². The molecule has 1 atom stereocenters. The van der Waals surface area contributed by atoms with Gasteiger partial charge in [0, 0.05) is 17.5 Å². The number of nitrogens with zero attached hydrogens (tertiary/aromatic N) is 1. The summed E-state index contributed by atoms with van der Waals surface area (Å²) in [5, 5.41) is 2.79. The minimum atomic E-state index is -1.15. The van der Waals surface area contributed by atoms with Crippen molar-refractivity contribution in [1.29, 1.82) is 0 Å². The van der Waals surface area contributed by atoms with E-state index in [1.807, 2.05) is 6.07 Å². The maximum absolute atomic E-state index is 13.1. The molecule has 0 bridgehead atoms. The highest BCUT2D eigenvalue weighted by Crippen LogP contribution is 2.40. The summed E-state index contributed by atoms with van der Waals surface area (Å²) in [5.74, 6) is -0.0994. The predicted octanol–water partition coefficient (Wildman–Crippen LogP) is 2.10. The first-order chi connectivity index (χ1) is 12.1. The van der Waals surface area contributed by atoms with E-state index in [4.69, 9.17) is 4.74 Å². The monoisotopic (exact) mass is 336 g/mol. The smallest absolute Gasteiger partial charge is 0.325 e. The number of amides is 3. The van der Waals surface area contributed by atoms with Gasteiger partial charge >= 0.3 is 6.03 Å². The van der Waals surface area contributed by atoms with Crippen LogP contribution in [0.4, 0.5) is 4.79 Å². The minimum Gasteiger partial charge on any atom is -0.493 e. The van der Waals surface area contributed by atoms with E-state index in [0.29, 0.717) is 29.9 Å². The first kappa shape index (κ1) is 15.4. The molecule has 1 spiro atoms. The van der Waals surface area contributed by atoms with Crippen molar-refractivity contribution in [3.63, 3.8) is 0 Å². The molecule has 2 aliphatic heterocycles. The third-order valence-electron chi connectivity index (χ3n) is 4.65. The zero-order chi connectivity index (χ0) is 17.4. The number of ketones is 1. The third-order valence-corrected chi connectivity index (χ3v) is 4.65. The van der Waals surface area contributed by atoms with Crippen molar-refractivity contribution in [3.8, 4) is 5.75 Å². The molecule has 2 aliphatic rings. The summed E-state index contributed by atoms with van der Waals surface area (Å²) in [6.45, 7) is 0.0446. The summed E-state index contributed by atoms with van der Waals surface area (Å²) < 4.78 is 5.59. The molecule has 25 heavy (non-hydrogen) atoms. The molecule has 1 unspecified atom stereocenters. The Morgan fingerprint density at radius 2 is 1.80 bits per heavy atom. The number of rotatable bonds is 3. The van der Waals surface area contributed by atoms with Crippen LogP contribution in [0.5, 0.6) is 5.75 Å². The molecule has 4 rings (SSSR count). The van der Waals surface area contributed by atoms with Gasteiger partial charge in [0.15, 0.2) is 11.3 Å². The van der Waals surface area contributed by atoms with Gasteiger partial charge in [0.2, 0.25) is 0 Å². The summed E-state index contributed by atoms with van der Waals surface area (Å²) >= 11 is 0. The summed E-state index contributed by atoms with van der Waals surface area (Å²) in [5.41, 5.74) is -0.0474. The number of benzene rings is 2. The van der Waals surface area contributed by atoms with E-state index in [2.05, 4.69) is 5.32 Å². The van der Waals surface area contributed by atoms with Gasteiger partial charge in [-0.2, -0.15) is 0 Å². The van der Waals surface area contributed by atoms with Crippen LogP contribution in [0.2, 0.25) is 0 Å². The number of nitrogens with one attached hydrogen (secondary N) is 1. The van der Waals surface area contributed by atoms with Gasteiger partial charge in [-0.3, -0.25) is 14.5 Å². The van der Waals surface area contributed by atoms with E-state index in [1.54, 1.807) is 48.5 Å².